The quantitative estimate of drug-likeness (QED) is 0.352. The Morgan fingerprint density at radius 1 is 0.909 bits per heavy atom. The predicted molar refractivity (Wildman–Crippen MR) is 131 cm³/mol. The standard InChI is InChI=1S/C10H13BrN2O3.C6H3BrFNO2.C4H11NO/c1-12(2)5-6-16-10-7-8(11)3-4-9(10)13(14)15;7-4-1-2-6(9(10)11)5(8)3-4;1-5(2)3-4-6/h3-4,7H,5-6H2,1-2H3;1-3H;6H,3-4H2,1-2H3. The molecule has 2 aromatic rings. The molecule has 0 aliphatic heterocycles. The zero-order valence-electron chi connectivity index (χ0n) is 18.7. The van der Waals surface area contributed by atoms with Crippen molar-refractivity contribution in [2.45, 2.75) is 0 Å². The van der Waals surface area contributed by atoms with Crippen molar-refractivity contribution in [3.05, 3.63) is 71.4 Å². The largest absolute Gasteiger partial charge is 0.485 e. The first-order chi connectivity index (χ1) is 15.4. The summed E-state index contributed by atoms with van der Waals surface area (Å²) < 4.78 is 19.3. The minimum Gasteiger partial charge on any atom is -0.485 e. The maximum Gasteiger partial charge on any atom is 0.310 e. The minimum absolute atomic E-state index is 0.0121. The summed E-state index contributed by atoms with van der Waals surface area (Å²) in [6.45, 7) is 2.15. The average Bonchev–Trinajstić information content (AvgIpc) is 2.68. The zero-order chi connectivity index (χ0) is 25.6. The summed E-state index contributed by atoms with van der Waals surface area (Å²) in [4.78, 5) is 23.5. The van der Waals surface area contributed by atoms with Crippen molar-refractivity contribution in [2.75, 3.05) is 54.5 Å². The van der Waals surface area contributed by atoms with Crippen LogP contribution >= 0.6 is 31.9 Å². The molecular weight excluding hydrogens is 571 g/mol. The molecule has 2 rings (SSSR count). The molecule has 10 nitrogen and oxygen atoms in total. The number of likely N-dealkylation sites (N-methyl/N-ethyl adjacent to an activating group) is 2. The van der Waals surface area contributed by atoms with Gasteiger partial charge in [0.05, 0.1) is 16.5 Å². The number of rotatable bonds is 8. The summed E-state index contributed by atoms with van der Waals surface area (Å²) in [7, 11) is 7.68. The fraction of sp³-hybridized carbons (Fsp3) is 0.400. The fourth-order valence-electron chi connectivity index (χ4n) is 1.92. The van der Waals surface area contributed by atoms with Crippen LogP contribution in [0.3, 0.4) is 0 Å². The first kappa shape index (κ1) is 30.8. The van der Waals surface area contributed by atoms with Gasteiger partial charge in [0.2, 0.25) is 5.82 Å². The highest BCUT2D eigenvalue weighted by Gasteiger charge is 2.15. The van der Waals surface area contributed by atoms with Crippen LogP contribution in [0.2, 0.25) is 0 Å². The third-order valence-electron chi connectivity index (χ3n) is 3.57. The van der Waals surface area contributed by atoms with Gasteiger partial charge in [-0.3, -0.25) is 20.2 Å². The Labute approximate surface area is 208 Å². The van der Waals surface area contributed by atoms with Gasteiger partial charge < -0.3 is 19.6 Å². The first-order valence-corrected chi connectivity index (χ1v) is 11.0. The molecule has 0 aliphatic rings. The van der Waals surface area contributed by atoms with Crippen molar-refractivity contribution in [3.63, 3.8) is 0 Å². The van der Waals surface area contributed by atoms with E-state index in [1.807, 2.05) is 38.0 Å². The van der Waals surface area contributed by atoms with Crippen LogP contribution < -0.4 is 4.74 Å². The normalized spacial score (nSPS) is 10.1. The molecule has 0 saturated carbocycles. The van der Waals surface area contributed by atoms with Crippen LogP contribution in [0.5, 0.6) is 5.75 Å². The molecule has 0 heterocycles. The molecule has 33 heavy (non-hydrogen) atoms. The number of aliphatic hydroxyl groups excluding tert-OH is 1. The third kappa shape index (κ3) is 13.8. The SMILES string of the molecule is CN(C)CCO.CN(C)CCOc1cc(Br)ccc1[N+](=O)[O-].O=[N+]([O-])c1ccc(Br)cc1F. The lowest BCUT2D eigenvalue weighted by atomic mass is 10.3. The summed E-state index contributed by atoms with van der Waals surface area (Å²) in [6, 6.07) is 8.23. The summed E-state index contributed by atoms with van der Waals surface area (Å²) >= 11 is 6.24. The summed E-state index contributed by atoms with van der Waals surface area (Å²) in [5.41, 5.74) is -0.518. The second-order valence-corrected chi connectivity index (χ2v) is 8.73. The molecule has 0 spiro atoms. The van der Waals surface area contributed by atoms with E-state index < -0.39 is 21.4 Å². The van der Waals surface area contributed by atoms with Gasteiger partial charge >= 0.3 is 11.4 Å². The minimum atomic E-state index is -0.829. The van der Waals surface area contributed by atoms with E-state index in [9.17, 15) is 24.6 Å². The summed E-state index contributed by atoms with van der Waals surface area (Å²) in [5.74, 6) is -0.536. The zero-order valence-corrected chi connectivity index (χ0v) is 21.9. The molecular formula is C20H27Br2FN4O6. The number of benzene rings is 2. The molecule has 2 aromatic carbocycles. The Bertz CT molecular complexity index is 903. The lowest BCUT2D eigenvalue weighted by molar-refractivity contribution is -0.387. The van der Waals surface area contributed by atoms with E-state index in [-0.39, 0.29) is 12.3 Å². The van der Waals surface area contributed by atoms with Crippen molar-refractivity contribution in [2.24, 2.45) is 0 Å². The van der Waals surface area contributed by atoms with Crippen molar-refractivity contribution < 1.29 is 24.1 Å². The number of hydrogen-bond acceptors (Lipinski definition) is 8. The molecule has 0 saturated heterocycles. The highest BCUT2D eigenvalue weighted by molar-refractivity contribution is 9.10. The molecule has 0 bridgehead atoms. The number of nitro groups is 2. The number of aliphatic hydroxyl groups is 1. The first-order valence-electron chi connectivity index (χ1n) is 9.45. The van der Waals surface area contributed by atoms with Crippen LogP contribution in [-0.4, -0.2) is 79.2 Å². The topological polar surface area (TPSA) is 122 Å². The van der Waals surface area contributed by atoms with Crippen molar-refractivity contribution in [3.8, 4) is 5.75 Å². The molecule has 1 N–H and O–H groups in total. The second-order valence-electron chi connectivity index (χ2n) is 6.90. The molecule has 0 aromatic heterocycles. The van der Waals surface area contributed by atoms with Gasteiger partial charge in [0, 0.05) is 40.2 Å². The summed E-state index contributed by atoms with van der Waals surface area (Å²) in [6.07, 6.45) is 0. The second kappa shape index (κ2) is 16.4. The van der Waals surface area contributed by atoms with E-state index in [0.29, 0.717) is 23.4 Å². The molecule has 0 aliphatic carbocycles. The number of nitro benzene ring substituents is 2. The lowest BCUT2D eigenvalue weighted by Crippen LogP contribution is -2.19. The van der Waals surface area contributed by atoms with Gasteiger partial charge in [0.1, 0.15) is 6.61 Å². The molecule has 184 valence electrons. The van der Waals surface area contributed by atoms with E-state index in [2.05, 4.69) is 31.9 Å². The maximum absolute atomic E-state index is 12.6. The molecule has 0 fully saturated rings. The van der Waals surface area contributed by atoms with E-state index in [1.54, 1.807) is 12.1 Å². The highest BCUT2D eigenvalue weighted by Crippen LogP contribution is 2.30. The molecule has 0 atom stereocenters. The van der Waals surface area contributed by atoms with E-state index >= 15 is 0 Å². The molecule has 0 amide bonds. The lowest BCUT2D eigenvalue weighted by Gasteiger charge is -2.11. The van der Waals surface area contributed by atoms with Gasteiger partial charge in [0.15, 0.2) is 5.75 Å². The van der Waals surface area contributed by atoms with Gasteiger partial charge in [-0.25, -0.2) is 0 Å². The highest BCUT2D eigenvalue weighted by atomic mass is 79.9. The molecule has 0 radical (unpaired) electrons. The van der Waals surface area contributed by atoms with Gasteiger partial charge in [-0.2, -0.15) is 4.39 Å². The van der Waals surface area contributed by atoms with E-state index in [0.717, 1.165) is 23.2 Å². The average molecular weight is 598 g/mol. The molecule has 0 unspecified atom stereocenters. The van der Waals surface area contributed by atoms with Crippen LogP contribution in [0, 0.1) is 26.0 Å². The predicted octanol–water partition coefficient (Wildman–Crippen LogP) is 4.33. The van der Waals surface area contributed by atoms with Crippen LogP contribution in [0.25, 0.3) is 0 Å². The smallest absolute Gasteiger partial charge is 0.310 e. The number of nitrogens with zero attached hydrogens (tertiary/aromatic N) is 4. The van der Waals surface area contributed by atoms with E-state index in [4.69, 9.17) is 9.84 Å². The number of halogens is 3. The number of hydrogen-bond donors (Lipinski definition) is 1. The van der Waals surface area contributed by atoms with Crippen molar-refractivity contribution >= 4 is 43.2 Å². The molecule has 13 heteroatoms. The Morgan fingerprint density at radius 2 is 1.39 bits per heavy atom. The Kier molecular flexibility index (Phi) is 15.3. The van der Waals surface area contributed by atoms with Gasteiger partial charge in [-0.05, 0) is 46.4 Å². The monoisotopic (exact) mass is 596 g/mol. The maximum atomic E-state index is 12.6. The van der Waals surface area contributed by atoms with Crippen LogP contribution in [-0.2, 0) is 0 Å². The van der Waals surface area contributed by atoms with Crippen molar-refractivity contribution in [1.29, 1.82) is 0 Å². The number of ether oxygens (including phenoxy) is 1. The fourth-order valence-corrected chi connectivity index (χ4v) is 2.60. The Balaban J connectivity index is 0.000000520. The Morgan fingerprint density at radius 3 is 1.79 bits per heavy atom. The third-order valence-corrected chi connectivity index (χ3v) is 4.55. The van der Waals surface area contributed by atoms with E-state index in [1.165, 1.54) is 12.1 Å². The van der Waals surface area contributed by atoms with Crippen LogP contribution in [0.4, 0.5) is 15.8 Å². The van der Waals surface area contributed by atoms with Crippen LogP contribution in [0.1, 0.15) is 0 Å². The van der Waals surface area contributed by atoms with Gasteiger partial charge in [0.25, 0.3) is 0 Å². The van der Waals surface area contributed by atoms with Crippen LogP contribution in [0.15, 0.2) is 45.3 Å². The Hall–Kier alpha value is -2.19. The summed E-state index contributed by atoms with van der Waals surface area (Å²) in [5, 5.41) is 29.0. The van der Waals surface area contributed by atoms with Gasteiger partial charge in [-0.1, -0.05) is 31.9 Å². The van der Waals surface area contributed by atoms with Gasteiger partial charge in [-0.15, -0.1) is 0 Å². The van der Waals surface area contributed by atoms with Crippen molar-refractivity contribution in [1.82, 2.24) is 9.80 Å².